The van der Waals surface area contributed by atoms with E-state index < -0.39 is 0 Å². The van der Waals surface area contributed by atoms with E-state index in [1.165, 1.54) is 0 Å². The first-order chi connectivity index (χ1) is 11.7. The Morgan fingerprint density at radius 1 is 1.25 bits per heavy atom. The van der Waals surface area contributed by atoms with Crippen molar-refractivity contribution in [3.8, 4) is 6.07 Å². The van der Waals surface area contributed by atoms with Crippen molar-refractivity contribution in [3.05, 3.63) is 65.4 Å². The van der Waals surface area contributed by atoms with E-state index in [2.05, 4.69) is 5.32 Å². The fraction of sp³-hybridized carbons (Fsp3) is 0.158. The third kappa shape index (κ3) is 3.14. The van der Waals surface area contributed by atoms with Gasteiger partial charge in [0.05, 0.1) is 18.2 Å². The summed E-state index contributed by atoms with van der Waals surface area (Å²) >= 11 is 0. The highest BCUT2D eigenvalue weighted by Gasteiger charge is 2.20. The molecule has 1 heterocycles. The number of para-hydroxylation sites is 1. The molecular formula is C19H16N2O3. The van der Waals surface area contributed by atoms with E-state index in [0.717, 1.165) is 10.9 Å². The Balaban J connectivity index is 1.95. The standard InChI is InChI=1S/C19H16N2O3/c1-2-23-12-16-15-8-3-4-9-17(15)24-18(16)19(22)21-14-7-5-6-13(10-14)11-20/h3-10H,2,12H2,1H3,(H,21,22). The molecule has 2 aromatic carbocycles. The van der Waals surface area contributed by atoms with Crippen molar-refractivity contribution in [2.45, 2.75) is 13.5 Å². The third-order valence-corrected chi connectivity index (χ3v) is 3.60. The number of ether oxygens (including phenoxy) is 1. The van der Waals surface area contributed by atoms with Crippen LogP contribution in [0.3, 0.4) is 0 Å². The highest BCUT2D eigenvalue weighted by molar-refractivity contribution is 6.06. The molecule has 1 amide bonds. The molecule has 5 nitrogen and oxygen atoms in total. The number of nitrogens with one attached hydrogen (secondary N) is 1. The molecule has 0 spiro atoms. The lowest BCUT2D eigenvalue weighted by molar-refractivity contribution is 0.0984. The Labute approximate surface area is 139 Å². The number of rotatable bonds is 5. The van der Waals surface area contributed by atoms with Gasteiger partial charge in [0.15, 0.2) is 5.76 Å². The average Bonchev–Trinajstić information content (AvgIpc) is 2.99. The Morgan fingerprint density at radius 2 is 2.08 bits per heavy atom. The van der Waals surface area contributed by atoms with Crippen molar-refractivity contribution in [2.75, 3.05) is 11.9 Å². The molecule has 0 atom stereocenters. The van der Waals surface area contributed by atoms with E-state index >= 15 is 0 Å². The van der Waals surface area contributed by atoms with E-state index in [1.807, 2.05) is 37.3 Å². The van der Waals surface area contributed by atoms with Gasteiger partial charge in [0, 0.05) is 23.2 Å². The summed E-state index contributed by atoms with van der Waals surface area (Å²) < 4.78 is 11.2. The molecule has 0 aliphatic heterocycles. The molecule has 3 aromatic rings. The van der Waals surface area contributed by atoms with Crippen LogP contribution in [-0.2, 0) is 11.3 Å². The second kappa shape index (κ2) is 6.99. The van der Waals surface area contributed by atoms with Gasteiger partial charge in [-0.1, -0.05) is 24.3 Å². The topological polar surface area (TPSA) is 75.3 Å². The maximum absolute atomic E-state index is 12.6. The number of carbonyl (C=O) groups is 1. The molecule has 0 saturated carbocycles. The van der Waals surface area contributed by atoms with E-state index in [0.29, 0.717) is 30.0 Å². The lowest BCUT2D eigenvalue weighted by atomic mass is 10.1. The first-order valence-corrected chi connectivity index (χ1v) is 7.62. The number of hydrogen-bond donors (Lipinski definition) is 1. The lowest BCUT2D eigenvalue weighted by Crippen LogP contribution is -2.13. The van der Waals surface area contributed by atoms with Crippen LogP contribution in [0.5, 0.6) is 0 Å². The highest BCUT2D eigenvalue weighted by Crippen LogP contribution is 2.27. The summed E-state index contributed by atoms with van der Waals surface area (Å²) in [5.74, 6) is -0.136. The van der Waals surface area contributed by atoms with Gasteiger partial charge in [0.2, 0.25) is 0 Å². The van der Waals surface area contributed by atoms with Crippen molar-refractivity contribution >= 4 is 22.6 Å². The molecule has 0 aliphatic carbocycles. The predicted molar refractivity (Wildman–Crippen MR) is 90.7 cm³/mol. The molecule has 0 fully saturated rings. The third-order valence-electron chi connectivity index (χ3n) is 3.60. The van der Waals surface area contributed by atoms with Crippen molar-refractivity contribution in [1.82, 2.24) is 0 Å². The molecule has 0 bridgehead atoms. The molecule has 0 saturated heterocycles. The highest BCUT2D eigenvalue weighted by atomic mass is 16.5. The fourth-order valence-corrected chi connectivity index (χ4v) is 2.48. The number of nitriles is 1. The quantitative estimate of drug-likeness (QED) is 0.768. The van der Waals surface area contributed by atoms with Crippen molar-refractivity contribution < 1.29 is 13.9 Å². The molecule has 0 aliphatic rings. The largest absolute Gasteiger partial charge is 0.451 e. The van der Waals surface area contributed by atoms with Gasteiger partial charge < -0.3 is 14.5 Å². The SMILES string of the molecule is CCOCc1c(C(=O)Nc2cccc(C#N)c2)oc2ccccc12. The first-order valence-electron chi connectivity index (χ1n) is 7.62. The number of anilines is 1. The van der Waals surface area contributed by atoms with Crippen LogP contribution in [0.25, 0.3) is 11.0 Å². The number of carbonyl (C=O) groups excluding carboxylic acids is 1. The smallest absolute Gasteiger partial charge is 0.291 e. The van der Waals surface area contributed by atoms with E-state index in [9.17, 15) is 4.79 Å². The minimum absolute atomic E-state index is 0.229. The van der Waals surface area contributed by atoms with Gasteiger partial charge in [-0.3, -0.25) is 4.79 Å². The van der Waals surface area contributed by atoms with Crippen molar-refractivity contribution in [3.63, 3.8) is 0 Å². The molecule has 5 heteroatoms. The van der Waals surface area contributed by atoms with Gasteiger partial charge in [0.1, 0.15) is 5.58 Å². The van der Waals surface area contributed by atoms with Crippen LogP contribution in [0.4, 0.5) is 5.69 Å². The number of benzene rings is 2. The summed E-state index contributed by atoms with van der Waals surface area (Å²) in [5.41, 5.74) is 2.39. The molecule has 1 N–H and O–H groups in total. The summed E-state index contributed by atoms with van der Waals surface area (Å²) in [7, 11) is 0. The van der Waals surface area contributed by atoms with Crippen molar-refractivity contribution in [1.29, 1.82) is 5.26 Å². The van der Waals surface area contributed by atoms with Gasteiger partial charge in [-0.05, 0) is 31.2 Å². The van der Waals surface area contributed by atoms with Crippen LogP contribution >= 0.6 is 0 Å². The van der Waals surface area contributed by atoms with Crippen LogP contribution in [-0.4, -0.2) is 12.5 Å². The van der Waals surface area contributed by atoms with Gasteiger partial charge in [-0.15, -0.1) is 0 Å². The molecule has 3 rings (SSSR count). The second-order valence-electron chi connectivity index (χ2n) is 5.19. The fourth-order valence-electron chi connectivity index (χ4n) is 2.48. The van der Waals surface area contributed by atoms with Crippen LogP contribution < -0.4 is 5.32 Å². The van der Waals surface area contributed by atoms with E-state index in [-0.39, 0.29) is 11.7 Å². The number of furan rings is 1. The van der Waals surface area contributed by atoms with Crippen LogP contribution in [0.2, 0.25) is 0 Å². The lowest BCUT2D eigenvalue weighted by Gasteiger charge is -2.06. The Morgan fingerprint density at radius 3 is 2.88 bits per heavy atom. The van der Waals surface area contributed by atoms with Crippen LogP contribution in [0, 0.1) is 11.3 Å². The van der Waals surface area contributed by atoms with Crippen LogP contribution in [0.15, 0.2) is 52.9 Å². The molecule has 1 aromatic heterocycles. The van der Waals surface area contributed by atoms with E-state index in [4.69, 9.17) is 14.4 Å². The van der Waals surface area contributed by atoms with Gasteiger partial charge in [-0.25, -0.2) is 0 Å². The second-order valence-corrected chi connectivity index (χ2v) is 5.19. The minimum Gasteiger partial charge on any atom is -0.451 e. The normalized spacial score (nSPS) is 10.5. The molecule has 120 valence electrons. The number of fused-ring (bicyclic) bond motifs is 1. The summed E-state index contributed by atoms with van der Waals surface area (Å²) in [6.45, 7) is 2.74. The monoisotopic (exact) mass is 320 g/mol. The Hall–Kier alpha value is -3.10. The van der Waals surface area contributed by atoms with Crippen molar-refractivity contribution in [2.24, 2.45) is 0 Å². The van der Waals surface area contributed by atoms with Gasteiger partial charge in [0.25, 0.3) is 5.91 Å². The molecule has 0 radical (unpaired) electrons. The Kier molecular flexibility index (Phi) is 4.59. The maximum atomic E-state index is 12.6. The maximum Gasteiger partial charge on any atom is 0.291 e. The summed E-state index contributed by atoms with van der Waals surface area (Å²) in [5, 5.41) is 12.6. The summed E-state index contributed by atoms with van der Waals surface area (Å²) in [4.78, 5) is 12.6. The van der Waals surface area contributed by atoms with Crippen LogP contribution in [0.1, 0.15) is 28.6 Å². The predicted octanol–water partition coefficient (Wildman–Crippen LogP) is 4.09. The average molecular weight is 320 g/mol. The number of hydrogen-bond acceptors (Lipinski definition) is 4. The van der Waals surface area contributed by atoms with Gasteiger partial charge in [-0.2, -0.15) is 5.26 Å². The molecule has 24 heavy (non-hydrogen) atoms. The molecular weight excluding hydrogens is 304 g/mol. The van der Waals surface area contributed by atoms with E-state index in [1.54, 1.807) is 24.3 Å². The number of nitrogens with zero attached hydrogens (tertiary/aromatic N) is 1. The number of amides is 1. The zero-order valence-electron chi connectivity index (χ0n) is 13.2. The zero-order valence-corrected chi connectivity index (χ0v) is 13.2. The molecule has 0 unspecified atom stereocenters. The minimum atomic E-state index is -0.365. The summed E-state index contributed by atoms with van der Waals surface area (Å²) in [6, 6.07) is 16.3. The zero-order chi connectivity index (χ0) is 16.9. The van der Waals surface area contributed by atoms with Gasteiger partial charge >= 0.3 is 0 Å². The Bertz CT molecular complexity index is 922. The first kappa shape index (κ1) is 15.8. The summed E-state index contributed by atoms with van der Waals surface area (Å²) in [6.07, 6.45) is 0.